The normalized spacial score (nSPS) is 14.6. The maximum Gasteiger partial charge on any atom is 0.138 e. The van der Waals surface area contributed by atoms with E-state index in [1.807, 2.05) is 19.9 Å². The standard InChI is InChI=1S/C12H18ClNO2/c1-4-16-11-5-7(2)9(6-10(11)13)12(15)8(3)14/h5-6,8,12,15H,4,14H2,1-3H3. The van der Waals surface area contributed by atoms with Gasteiger partial charge in [0.1, 0.15) is 5.75 Å². The highest BCUT2D eigenvalue weighted by molar-refractivity contribution is 6.32. The summed E-state index contributed by atoms with van der Waals surface area (Å²) in [4.78, 5) is 0. The molecule has 0 saturated carbocycles. The van der Waals surface area contributed by atoms with Crippen LogP contribution in [0.15, 0.2) is 12.1 Å². The first-order valence-corrected chi connectivity index (χ1v) is 5.71. The highest BCUT2D eigenvalue weighted by Gasteiger charge is 2.17. The molecular weight excluding hydrogens is 226 g/mol. The second-order valence-corrected chi connectivity index (χ2v) is 4.28. The van der Waals surface area contributed by atoms with Gasteiger partial charge >= 0.3 is 0 Å². The average molecular weight is 244 g/mol. The van der Waals surface area contributed by atoms with E-state index in [0.717, 1.165) is 11.1 Å². The molecule has 90 valence electrons. The van der Waals surface area contributed by atoms with E-state index < -0.39 is 6.10 Å². The molecule has 0 aliphatic heterocycles. The summed E-state index contributed by atoms with van der Waals surface area (Å²) in [6.45, 7) is 6.12. The van der Waals surface area contributed by atoms with Crippen molar-refractivity contribution in [1.29, 1.82) is 0 Å². The molecule has 0 aliphatic carbocycles. The fourth-order valence-corrected chi connectivity index (χ4v) is 1.77. The van der Waals surface area contributed by atoms with E-state index in [9.17, 15) is 5.11 Å². The predicted octanol–water partition coefficient (Wildman–Crippen LogP) is 2.43. The second kappa shape index (κ2) is 5.53. The zero-order valence-electron chi connectivity index (χ0n) is 9.83. The van der Waals surface area contributed by atoms with Crippen molar-refractivity contribution in [1.82, 2.24) is 0 Å². The van der Waals surface area contributed by atoms with Crippen LogP contribution in [0.1, 0.15) is 31.1 Å². The van der Waals surface area contributed by atoms with E-state index in [4.69, 9.17) is 22.1 Å². The number of benzene rings is 1. The molecule has 0 heterocycles. The Hall–Kier alpha value is -0.770. The zero-order chi connectivity index (χ0) is 12.3. The van der Waals surface area contributed by atoms with Crippen LogP contribution in [-0.2, 0) is 0 Å². The molecule has 0 aromatic heterocycles. The number of rotatable bonds is 4. The van der Waals surface area contributed by atoms with Gasteiger partial charge in [-0.1, -0.05) is 11.6 Å². The lowest BCUT2D eigenvalue weighted by atomic mass is 9.99. The Kier molecular flexibility index (Phi) is 4.59. The molecule has 0 amide bonds. The smallest absolute Gasteiger partial charge is 0.138 e. The molecule has 2 unspecified atom stereocenters. The Morgan fingerprint density at radius 3 is 2.62 bits per heavy atom. The summed E-state index contributed by atoms with van der Waals surface area (Å²) < 4.78 is 5.37. The van der Waals surface area contributed by atoms with E-state index in [-0.39, 0.29) is 6.04 Å². The Morgan fingerprint density at radius 1 is 1.50 bits per heavy atom. The molecule has 3 N–H and O–H groups in total. The summed E-state index contributed by atoms with van der Waals surface area (Å²) in [5.41, 5.74) is 7.34. The topological polar surface area (TPSA) is 55.5 Å². The average Bonchev–Trinajstić information content (AvgIpc) is 2.22. The molecule has 1 aromatic rings. The molecule has 0 bridgehead atoms. The molecule has 0 fully saturated rings. The lowest BCUT2D eigenvalue weighted by molar-refractivity contribution is 0.152. The maximum atomic E-state index is 9.90. The lowest BCUT2D eigenvalue weighted by Gasteiger charge is -2.18. The molecular formula is C12H18ClNO2. The van der Waals surface area contributed by atoms with Crippen LogP contribution in [0, 0.1) is 6.92 Å². The van der Waals surface area contributed by atoms with Gasteiger partial charge in [0.2, 0.25) is 0 Å². The van der Waals surface area contributed by atoms with E-state index >= 15 is 0 Å². The van der Waals surface area contributed by atoms with Crippen molar-refractivity contribution in [3.63, 3.8) is 0 Å². The summed E-state index contributed by atoms with van der Waals surface area (Å²) in [5, 5.41) is 10.4. The molecule has 16 heavy (non-hydrogen) atoms. The Balaban J connectivity index is 3.10. The Morgan fingerprint density at radius 2 is 2.12 bits per heavy atom. The van der Waals surface area contributed by atoms with Gasteiger partial charge in [-0.05, 0) is 44.0 Å². The summed E-state index contributed by atoms with van der Waals surface area (Å²) in [6.07, 6.45) is -0.701. The van der Waals surface area contributed by atoms with Gasteiger partial charge in [-0.2, -0.15) is 0 Å². The van der Waals surface area contributed by atoms with Gasteiger partial charge in [0.25, 0.3) is 0 Å². The summed E-state index contributed by atoms with van der Waals surface area (Å²) >= 11 is 6.05. The first kappa shape index (κ1) is 13.3. The van der Waals surface area contributed by atoms with Gasteiger partial charge in [0.05, 0.1) is 17.7 Å². The molecule has 4 heteroatoms. The minimum absolute atomic E-state index is 0.326. The van der Waals surface area contributed by atoms with Gasteiger partial charge < -0.3 is 15.6 Å². The number of hydrogen-bond acceptors (Lipinski definition) is 3. The molecule has 3 nitrogen and oxygen atoms in total. The first-order chi connectivity index (χ1) is 7.47. The highest BCUT2D eigenvalue weighted by Crippen LogP contribution is 2.31. The van der Waals surface area contributed by atoms with E-state index in [1.54, 1.807) is 13.0 Å². The number of ether oxygens (including phenoxy) is 1. The van der Waals surface area contributed by atoms with Crippen LogP contribution in [0.25, 0.3) is 0 Å². The number of nitrogens with two attached hydrogens (primary N) is 1. The van der Waals surface area contributed by atoms with Crippen LogP contribution < -0.4 is 10.5 Å². The number of hydrogen-bond donors (Lipinski definition) is 2. The highest BCUT2D eigenvalue weighted by atomic mass is 35.5. The molecule has 0 saturated heterocycles. The number of aryl methyl sites for hydroxylation is 1. The van der Waals surface area contributed by atoms with Gasteiger partial charge in [-0.3, -0.25) is 0 Å². The molecule has 1 rings (SSSR count). The van der Waals surface area contributed by atoms with Gasteiger partial charge in [0, 0.05) is 6.04 Å². The molecule has 1 aromatic carbocycles. The van der Waals surface area contributed by atoms with Crippen molar-refractivity contribution in [2.24, 2.45) is 5.73 Å². The van der Waals surface area contributed by atoms with Crippen LogP contribution in [0.4, 0.5) is 0 Å². The lowest BCUT2D eigenvalue weighted by Crippen LogP contribution is -2.25. The summed E-state index contributed by atoms with van der Waals surface area (Å²) in [7, 11) is 0. The summed E-state index contributed by atoms with van der Waals surface area (Å²) in [5.74, 6) is 0.641. The minimum atomic E-state index is -0.701. The van der Waals surface area contributed by atoms with Crippen LogP contribution in [0.3, 0.4) is 0 Å². The summed E-state index contributed by atoms with van der Waals surface area (Å²) in [6, 6.07) is 3.22. The third-order valence-electron chi connectivity index (χ3n) is 2.44. The van der Waals surface area contributed by atoms with Crippen molar-refractivity contribution in [2.45, 2.75) is 32.9 Å². The number of halogens is 1. The zero-order valence-corrected chi connectivity index (χ0v) is 10.6. The molecule has 0 aliphatic rings. The first-order valence-electron chi connectivity index (χ1n) is 5.33. The third-order valence-corrected chi connectivity index (χ3v) is 2.73. The van der Waals surface area contributed by atoms with E-state index in [1.165, 1.54) is 0 Å². The Bertz CT molecular complexity index is 366. The van der Waals surface area contributed by atoms with Crippen LogP contribution >= 0.6 is 11.6 Å². The second-order valence-electron chi connectivity index (χ2n) is 3.88. The monoisotopic (exact) mass is 243 g/mol. The largest absolute Gasteiger partial charge is 0.492 e. The van der Waals surface area contributed by atoms with Crippen molar-refractivity contribution in [2.75, 3.05) is 6.61 Å². The van der Waals surface area contributed by atoms with Crippen LogP contribution in [-0.4, -0.2) is 17.8 Å². The predicted molar refractivity (Wildman–Crippen MR) is 66.0 cm³/mol. The molecule has 0 radical (unpaired) electrons. The molecule has 2 atom stereocenters. The van der Waals surface area contributed by atoms with Crippen LogP contribution in [0.2, 0.25) is 5.02 Å². The van der Waals surface area contributed by atoms with Gasteiger partial charge in [-0.25, -0.2) is 0 Å². The fourth-order valence-electron chi connectivity index (χ4n) is 1.54. The Labute approximate surface area is 101 Å². The quantitative estimate of drug-likeness (QED) is 0.854. The number of aliphatic hydroxyl groups is 1. The third kappa shape index (κ3) is 2.88. The fraction of sp³-hybridized carbons (Fsp3) is 0.500. The van der Waals surface area contributed by atoms with E-state index in [2.05, 4.69) is 0 Å². The van der Waals surface area contributed by atoms with Crippen molar-refractivity contribution < 1.29 is 9.84 Å². The van der Waals surface area contributed by atoms with E-state index in [0.29, 0.717) is 17.4 Å². The van der Waals surface area contributed by atoms with Gasteiger partial charge in [0.15, 0.2) is 0 Å². The number of aliphatic hydroxyl groups excluding tert-OH is 1. The van der Waals surface area contributed by atoms with Crippen molar-refractivity contribution >= 4 is 11.6 Å². The maximum absolute atomic E-state index is 9.90. The van der Waals surface area contributed by atoms with Crippen molar-refractivity contribution in [3.05, 3.63) is 28.3 Å². The molecule has 0 spiro atoms. The SMILES string of the molecule is CCOc1cc(C)c(C(O)C(C)N)cc1Cl. The van der Waals surface area contributed by atoms with Crippen molar-refractivity contribution in [3.8, 4) is 5.75 Å². The van der Waals surface area contributed by atoms with Crippen LogP contribution in [0.5, 0.6) is 5.75 Å². The minimum Gasteiger partial charge on any atom is -0.492 e. The van der Waals surface area contributed by atoms with Gasteiger partial charge in [-0.15, -0.1) is 0 Å².